The van der Waals surface area contributed by atoms with Gasteiger partial charge in [0.25, 0.3) is 0 Å². The smallest absolute Gasteiger partial charge is 0.0249 e. The highest BCUT2D eigenvalue weighted by molar-refractivity contribution is 5.64. The van der Waals surface area contributed by atoms with E-state index in [1.165, 1.54) is 11.1 Å². The van der Waals surface area contributed by atoms with E-state index in [0.29, 0.717) is 0 Å². The van der Waals surface area contributed by atoms with Crippen LogP contribution in [0.2, 0.25) is 0 Å². The van der Waals surface area contributed by atoms with Crippen LogP contribution in [0.3, 0.4) is 0 Å². The third-order valence-corrected chi connectivity index (χ3v) is 4.63. The highest BCUT2D eigenvalue weighted by atomic mass is 14.0. The van der Waals surface area contributed by atoms with Gasteiger partial charge in [-0.1, -0.05) is 72.1 Å². The summed E-state index contributed by atoms with van der Waals surface area (Å²) in [5.74, 6) is 15.4. The van der Waals surface area contributed by atoms with E-state index in [9.17, 15) is 0 Å². The summed E-state index contributed by atoms with van der Waals surface area (Å²) in [5.41, 5.74) is 7.11. The van der Waals surface area contributed by atoms with Gasteiger partial charge in [0.05, 0.1) is 0 Å². The van der Waals surface area contributed by atoms with E-state index in [1.54, 1.807) is 0 Å². The van der Waals surface area contributed by atoms with Crippen LogP contribution in [-0.4, -0.2) is 0 Å². The minimum Gasteiger partial charge on any atom is -0.115 e. The monoisotopic (exact) mass is 378 g/mol. The summed E-state index contributed by atoms with van der Waals surface area (Å²) in [4.78, 5) is 0. The standard InChI is InChI=1S/C30H18/c1-2-24-8-10-25(11-9-24)12-13-26-14-16-27(17-15-26)18-19-28-20-22-30(23-21-28)29-6-4-3-5-7-29/h1,3-11,14-17,20-23H. The Bertz CT molecular complexity index is 1290. The van der Waals surface area contributed by atoms with Crippen LogP contribution < -0.4 is 0 Å². The van der Waals surface area contributed by atoms with E-state index >= 15 is 0 Å². The lowest BCUT2D eigenvalue weighted by Crippen LogP contribution is -1.80. The molecular weight excluding hydrogens is 360 g/mol. The van der Waals surface area contributed by atoms with Crippen molar-refractivity contribution in [1.82, 2.24) is 0 Å². The highest BCUT2D eigenvalue weighted by Crippen LogP contribution is 2.19. The predicted molar refractivity (Wildman–Crippen MR) is 125 cm³/mol. The molecule has 0 fully saturated rings. The number of rotatable bonds is 1. The van der Waals surface area contributed by atoms with Crippen molar-refractivity contribution in [3.05, 3.63) is 131 Å². The second-order valence-corrected chi connectivity index (χ2v) is 6.74. The molecule has 30 heavy (non-hydrogen) atoms. The summed E-state index contributed by atoms with van der Waals surface area (Å²) in [7, 11) is 0. The topological polar surface area (TPSA) is 0 Å². The summed E-state index contributed by atoms with van der Waals surface area (Å²) in [6, 6.07) is 34.3. The van der Waals surface area contributed by atoms with E-state index in [2.05, 4.69) is 66.0 Å². The summed E-state index contributed by atoms with van der Waals surface area (Å²) < 4.78 is 0. The van der Waals surface area contributed by atoms with Crippen molar-refractivity contribution >= 4 is 0 Å². The average molecular weight is 378 g/mol. The lowest BCUT2D eigenvalue weighted by Gasteiger charge is -2.00. The molecule has 138 valence electrons. The largest absolute Gasteiger partial charge is 0.115 e. The van der Waals surface area contributed by atoms with E-state index < -0.39 is 0 Å². The van der Waals surface area contributed by atoms with E-state index in [1.807, 2.05) is 66.7 Å². The van der Waals surface area contributed by atoms with Crippen molar-refractivity contribution in [2.75, 3.05) is 0 Å². The van der Waals surface area contributed by atoms with Crippen molar-refractivity contribution < 1.29 is 0 Å². The fraction of sp³-hybridized carbons (Fsp3) is 0. The number of hydrogen-bond donors (Lipinski definition) is 0. The fourth-order valence-electron chi connectivity index (χ4n) is 2.95. The Balaban J connectivity index is 1.44. The quantitative estimate of drug-likeness (QED) is 0.349. The van der Waals surface area contributed by atoms with Gasteiger partial charge in [-0.2, -0.15) is 0 Å². The first kappa shape index (κ1) is 18.9. The SMILES string of the molecule is C#Cc1ccc(C#Cc2ccc(C#Cc3ccc(-c4ccccc4)cc3)cc2)cc1. The number of hydrogen-bond acceptors (Lipinski definition) is 0. The molecule has 0 aliphatic heterocycles. The Labute approximate surface area is 178 Å². The van der Waals surface area contributed by atoms with Crippen molar-refractivity contribution in [2.24, 2.45) is 0 Å². The van der Waals surface area contributed by atoms with Gasteiger partial charge in [-0.05, 0) is 71.8 Å². The molecule has 0 aliphatic carbocycles. The maximum Gasteiger partial charge on any atom is 0.0249 e. The number of terminal acetylenes is 1. The van der Waals surface area contributed by atoms with Gasteiger partial charge in [0.2, 0.25) is 0 Å². The predicted octanol–water partition coefficient (Wildman–Crippen LogP) is 6.13. The van der Waals surface area contributed by atoms with Gasteiger partial charge in [0.1, 0.15) is 0 Å². The van der Waals surface area contributed by atoms with Gasteiger partial charge in [0.15, 0.2) is 0 Å². The molecule has 0 saturated heterocycles. The Morgan fingerprint density at radius 3 is 1.10 bits per heavy atom. The van der Waals surface area contributed by atoms with E-state index in [4.69, 9.17) is 6.42 Å². The van der Waals surface area contributed by atoms with E-state index in [0.717, 1.165) is 27.8 Å². The maximum absolute atomic E-state index is 5.37. The third-order valence-electron chi connectivity index (χ3n) is 4.63. The third kappa shape index (κ3) is 4.88. The zero-order chi connectivity index (χ0) is 20.6. The van der Waals surface area contributed by atoms with Crippen LogP contribution in [0.1, 0.15) is 27.8 Å². The van der Waals surface area contributed by atoms with Crippen LogP contribution in [0.4, 0.5) is 0 Å². The molecular formula is C30H18. The normalized spacial score (nSPS) is 9.43. The Morgan fingerprint density at radius 2 is 0.700 bits per heavy atom. The molecule has 0 unspecified atom stereocenters. The zero-order valence-electron chi connectivity index (χ0n) is 16.4. The van der Waals surface area contributed by atoms with Gasteiger partial charge in [-0.3, -0.25) is 0 Å². The summed E-state index contributed by atoms with van der Waals surface area (Å²) in [5, 5.41) is 0. The minimum absolute atomic E-state index is 0.859. The first-order valence-corrected chi connectivity index (χ1v) is 9.66. The van der Waals surface area contributed by atoms with Crippen LogP contribution in [0, 0.1) is 36.0 Å². The lowest BCUT2D eigenvalue weighted by atomic mass is 10.0. The molecule has 0 radical (unpaired) electrons. The second kappa shape index (κ2) is 9.17. The van der Waals surface area contributed by atoms with Crippen LogP contribution in [0.25, 0.3) is 11.1 Å². The molecule has 0 spiro atoms. The molecule has 4 aromatic carbocycles. The molecule has 0 atom stereocenters. The van der Waals surface area contributed by atoms with Gasteiger partial charge in [-0.25, -0.2) is 0 Å². The first-order valence-electron chi connectivity index (χ1n) is 9.66. The van der Waals surface area contributed by atoms with Gasteiger partial charge in [-0.15, -0.1) is 6.42 Å². The summed E-state index contributed by atoms with van der Waals surface area (Å²) >= 11 is 0. The molecule has 0 aromatic heterocycles. The van der Waals surface area contributed by atoms with Gasteiger partial charge in [0, 0.05) is 27.8 Å². The molecule has 4 aromatic rings. The van der Waals surface area contributed by atoms with Gasteiger partial charge >= 0.3 is 0 Å². The molecule has 0 heterocycles. The van der Waals surface area contributed by atoms with Crippen LogP contribution in [0.5, 0.6) is 0 Å². The molecule has 0 N–H and O–H groups in total. The number of benzene rings is 4. The van der Waals surface area contributed by atoms with Crippen molar-refractivity contribution in [2.45, 2.75) is 0 Å². The van der Waals surface area contributed by atoms with Crippen molar-refractivity contribution in [3.8, 4) is 47.2 Å². The molecule has 4 rings (SSSR count). The Hall–Kier alpha value is -4.44. The molecule has 0 bridgehead atoms. The average Bonchev–Trinajstić information content (AvgIpc) is 2.83. The molecule has 0 amide bonds. The fourth-order valence-corrected chi connectivity index (χ4v) is 2.95. The second-order valence-electron chi connectivity index (χ2n) is 6.74. The summed E-state index contributed by atoms with van der Waals surface area (Å²) in [6.07, 6.45) is 5.37. The molecule has 0 nitrogen and oxygen atoms in total. The zero-order valence-corrected chi connectivity index (χ0v) is 16.4. The maximum atomic E-state index is 5.37. The summed E-state index contributed by atoms with van der Waals surface area (Å²) in [6.45, 7) is 0. The first-order chi connectivity index (χ1) is 14.8. The molecule has 0 aliphatic rings. The lowest BCUT2D eigenvalue weighted by molar-refractivity contribution is 1.57. The van der Waals surface area contributed by atoms with E-state index in [-0.39, 0.29) is 0 Å². The highest BCUT2D eigenvalue weighted by Gasteiger charge is 1.96. The molecule has 0 saturated carbocycles. The van der Waals surface area contributed by atoms with Crippen molar-refractivity contribution in [3.63, 3.8) is 0 Å². The Morgan fingerprint density at radius 1 is 0.367 bits per heavy atom. The van der Waals surface area contributed by atoms with Crippen LogP contribution in [-0.2, 0) is 0 Å². The van der Waals surface area contributed by atoms with Crippen molar-refractivity contribution in [1.29, 1.82) is 0 Å². The van der Waals surface area contributed by atoms with Gasteiger partial charge < -0.3 is 0 Å². The molecule has 0 heteroatoms. The van der Waals surface area contributed by atoms with Crippen LogP contribution >= 0.6 is 0 Å². The Kier molecular flexibility index (Phi) is 5.78. The minimum atomic E-state index is 0.859. The van der Waals surface area contributed by atoms with Crippen LogP contribution in [0.15, 0.2) is 103 Å².